The third kappa shape index (κ3) is 4.67. The van der Waals surface area contributed by atoms with Gasteiger partial charge in [0, 0.05) is 50.5 Å². The van der Waals surface area contributed by atoms with Crippen molar-refractivity contribution in [3.63, 3.8) is 0 Å². The number of thioether (sulfide) groups is 1. The standard InChI is InChI=1S/C21H22N6O4S/c1-2-9-26-20(18-4-3-14-31-18)22-23-21(26)32-15-19(28)25-12-10-24(11-13-25)16-5-7-17(8-6-16)27(29)30/h2-8,14H,1,9-13,15H2. The molecule has 0 bridgehead atoms. The normalized spacial score (nSPS) is 13.9. The van der Waals surface area contributed by atoms with E-state index in [1.54, 1.807) is 30.5 Å². The van der Waals surface area contributed by atoms with E-state index in [-0.39, 0.29) is 17.3 Å². The molecule has 1 aliphatic rings. The number of furan rings is 1. The van der Waals surface area contributed by atoms with Crippen LogP contribution in [0.25, 0.3) is 11.6 Å². The molecule has 1 saturated heterocycles. The first-order chi connectivity index (χ1) is 15.6. The Morgan fingerprint density at radius 1 is 1.19 bits per heavy atom. The summed E-state index contributed by atoms with van der Waals surface area (Å²) in [7, 11) is 0. The highest BCUT2D eigenvalue weighted by molar-refractivity contribution is 7.99. The number of rotatable bonds is 8. The predicted octanol–water partition coefficient (Wildman–Crippen LogP) is 3.07. The van der Waals surface area contributed by atoms with E-state index in [1.807, 2.05) is 15.5 Å². The fourth-order valence-electron chi connectivity index (χ4n) is 3.49. The zero-order valence-corrected chi connectivity index (χ0v) is 18.1. The van der Waals surface area contributed by atoms with Gasteiger partial charge in [0.1, 0.15) is 0 Å². The van der Waals surface area contributed by atoms with Crippen LogP contribution in [0.2, 0.25) is 0 Å². The van der Waals surface area contributed by atoms with E-state index in [4.69, 9.17) is 4.42 Å². The number of allylic oxidation sites excluding steroid dienone is 1. The number of carbonyl (C=O) groups excluding carboxylic acids is 1. The lowest BCUT2D eigenvalue weighted by Crippen LogP contribution is -2.49. The topological polar surface area (TPSA) is 111 Å². The second kappa shape index (κ2) is 9.69. The number of carbonyl (C=O) groups is 1. The summed E-state index contributed by atoms with van der Waals surface area (Å²) in [5.41, 5.74) is 0.985. The van der Waals surface area contributed by atoms with E-state index in [1.165, 1.54) is 23.9 Å². The van der Waals surface area contributed by atoms with Gasteiger partial charge < -0.3 is 14.2 Å². The molecule has 0 N–H and O–H groups in total. The molecule has 10 nitrogen and oxygen atoms in total. The summed E-state index contributed by atoms with van der Waals surface area (Å²) in [6.45, 7) is 6.81. The Hall–Kier alpha value is -3.60. The smallest absolute Gasteiger partial charge is 0.269 e. The van der Waals surface area contributed by atoms with Gasteiger partial charge >= 0.3 is 0 Å². The summed E-state index contributed by atoms with van der Waals surface area (Å²) in [4.78, 5) is 27.1. The van der Waals surface area contributed by atoms with Crippen LogP contribution in [0, 0.1) is 10.1 Å². The number of nitrogens with zero attached hydrogens (tertiary/aromatic N) is 6. The molecule has 1 amide bonds. The third-order valence-electron chi connectivity index (χ3n) is 5.15. The molecule has 11 heteroatoms. The fourth-order valence-corrected chi connectivity index (χ4v) is 4.34. The Bertz CT molecular complexity index is 1090. The van der Waals surface area contributed by atoms with Crippen molar-refractivity contribution in [1.29, 1.82) is 0 Å². The first-order valence-corrected chi connectivity index (χ1v) is 11.0. The van der Waals surface area contributed by atoms with Crippen LogP contribution in [0.3, 0.4) is 0 Å². The maximum absolute atomic E-state index is 12.8. The average molecular weight is 455 g/mol. The number of amides is 1. The van der Waals surface area contributed by atoms with Crippen molar-refractivity contribution in [1.82, 2.24) is 19.7 Å². The summed E-state index contributed by atoms with van der Waals surface area (Å²) in [6, 6.07) is 10.1. The van der Waals surface area contributed by atoms with Crippen LogP contribution in [0.15, 0.2) is 64.9 Å². The van der Waals surface area contributed by atoms with Crippen LogP contribution >= 0.6 is 11.8 Å². The van der Waals surface area contributed by atoms with Gasteiger partial charge in [0.15, 0.2) is 10.9 Å². The van der Waals surface area contributed by atoms with Gasteiger partial charge in [-0.2, -0.15) is 0 Å². The molecule has 0 radical (unpaired) electrons. The SMILES string of the molecule is C=CCn1c(SCC(=O)N2CCN(c3ccc([N+](=O)[O-])cc3)CC2)nnc1-c1ccco1. The van der Waals surface area contributed by atoms with Crippen LogP contribution in [-0.2, 0) is 11.3 Å². The summed E-state index contributed by atoms with van der Waals surface area (Å²) >= 11 is 1.34. The Morgan fingerprint density at radius 3 is 2.56 bits per heavy atom. The van der Waals surface area contributed by atoms with Gasteiger partial charge in [-0.1, -0.05) is 17.8 Å². The first kappa shape index (κ1) is 21.6. The molecule has 3 heterocycles. The van der Waals surface area contributed by atoms with Crippen molar-refractivity contribution in [3.8, 4) is 11.6 Å². The van der Waals surface area contributed by atoms with Gasteiger partial charge in [-0.25, -0.2) is 0 Å². The van der Waals surface area contributed by atoms with Gasteiger partial charge in [0.05, 0.1) is 16.9 Å². The minimum absolute atomic E-state index is 0.0334. The molecule has 0 atom stereocenters. The van der Waals surface area contributed by atoms with Crippen LogP contribution < -0.4 is 4.90 Å². The molecule has 0 aliphatic carbocycles. The minimum Gasteiger partial charge on any atom is -0.461 e. The molecule has 2 aromatic heterocycles. The zero-order valence-electron chi connectivity index (χ0n) is 17.3. The van der Waals surface area contributed by atoms with E-state index >= 15 is 0 Å². The van der Waals surface area contributed by atoms with E-state index in [9.17, 15) is 14.9 Å². The number of non-ortho nitro benzene ring substituents is 1. The quantitative estimate of drug-likeness (QED) is 0.221. The van der Waals surface area contributed by atoms with Crippen molar-refractivity contribution >= 4 is 29.0 Å². The Kier molecular flexibility index (Phi) is 6.55. The molecule has 0 unspecified atom stereocenters. The van der Waals surface area contributed by atoms with Gasteiger partial charge in [-0.3, -0.25) is 19.5 Å². The second-order valence-electron chi connectivity index (χ2n) is 7.11. The number of nitro groups is 1. The van der Waals surface area contributed by atoms with E-state index in [0.717, 1.165) is 5.69 Å². The Labute approximate surface area is 188 Å². The lowest BCUT2D eigenvalue weighted by molar-refractivity contribution is -0.384. The summed E-state index contributed by atoms with van der Waals surface area (Å²) < 4.78 is 7.30. The zero-order chi connectivity index (χ0) is 22.5. The molecule has 0 spiro atoms. The molecule has 1 aliphatic heterocycles. The van der Waals surface area contributed by atoms with E-state index in [2.05, 4.69) is 21.7 Å². The minimum atomic E-state index is -0.411. The van der Waals surface area contributed by atoms with Crippen LogP contribution in [0.1, 0.15) is 0 Å². The monoisotopic (exact) mass is 454 g/mol. The Balaban J connectivity index is 1.33. The number of benzene rings is 1. The second-order valence-corrected chi connectivity index (χ2v) is 8.06. The summed E-state index contributed by atoms with van der Waals surface area (Å²) in [5.74, 6) is 1.50. The number of aromatic nitrogens is 3. The van der Waals surface area contributed by atoms with E-state index in [0.29, 0.717) is 49.5 Å². The molecule has 3 aromatic rings. The third-order valence-corrected chi connectivity index (χ3v) is 6.10. The molecule has 32 heavy (non-hydrogen) atoms. The van der Waals surface area contributed by atoms with Crippen LogP contribution in [0.5, 0.6) is 0 Å². The van der Waals surface area contributed by atoms with Crippen molar-refractivity contribution in [2.45, 2.75) is 11.7 Å². The lowest BCUT2D eigenvalue weighted by atomic mass is 10.2. The molecule has 1 fully saturated rings. The highest BCUT2D eigenvalue weighted by Crippen LogP contribution is 2.25. The molecule has 166 valence electrons. The first-order valence-electron chi connectivity index (χ1n) is 10.0. The molecule has 4 rings (SSSR count). The van der Waals surface area contributed by atoms with Gasteiger partial charge in [0.2, 0.25) is 11.7 Å². The van der Waals surface area contributed by atoms with Crippen molar-refractivity contribution < 1.29 is 14.1 Å². The molecule has 1 aromatic carbocycles. The number of nitro benzene ring substituents is 1. The lowest BCUT2D eigenvalue weighted by Gasteiger charge is -2.36. The fraction of sp³-hybridized carbons (Fsp3) is 0.286. The summed E-state index contributed by atoms with van der Waals surface area (Å²) in [6.07, 6.45) is 3.33. The van der Waals surface area contributed by atoms with Gasteiger partial charge in [-0.05, 0) is 24.3 Å². The van der Waals surface area contributed by atoms with Gasteiger partial charge in [-0.15, -0.1) is 16.8 Å². The number of anilines is 1. The largest absolute Gasteiger partial charge is 0.461 e. The number of hydrogen-bond acceptors (Lipinski definition) is 8. The van der Waals surface area contributed by atoms with E-state index < -0.39 is 4.92 Å². The van der Waals surface area contributed by atoms with Crippen molar-refractivity contribution in [2.75, 3.05) is 36.8 Å². The predicted molar refractivity (Wildman–Crippen MR) is 121 cm³/mol. The van der Waals surface area contributed by atoms with Crippen molar-refractivity contribution in [3.05, 3.63) is 65.4 Å². The maximum atomic E-state index is 12.8. The molecular formula is C21H22N6O4S. The number of piperazine rings is 1. The number of hydrogen-bond donors (Lipinski definition) is 0. The molecule has 0 saturated carbocycles. The van der Waals surface area contributed by atoms with Gasteiger partial charge in [0.25, 0.3) is 5.69 Å². The Morgan fingerprint density at radius 2 is 1.94 bits per heavy atom. The average Bonchev–Trinajstić information content (AvgIpc) is 3.48. The molecular weight excluding hydrogens is 432 g/mol. The maximum Gasteiger partial charge on any atom is 0.269 e. The highest BCUT2D eigenvalue weighted by atomic mass is 32.2. The van der Waals surface area contributed by atoms with Crippen LogP contribution in [0.4, 0.5) is 11.4 Å². The highest BCUT2D eigenvalue weighted by Gasteiger charge is 2.23. The van der Waals surface area contributed by atoms with Crippen LogP contribution in [-0.4, -0.2) is 62.4 Å². The summed E-state index contributed by atoms with van der Waals surface area (Å²) in [5, 5.41) is 19.9. The van der Waals surface area contributed by atoms with Crippen molar-refractivity contribution in [2.24, 2.45) is 0 Å².